The highest BCUT2D eigenvalue weighted by Crippen LogP contribution is 2.42. The van der Waals surface area contributed by atoms with E-state index in [2.05, 4.69) is 6.92 Å². The number of rotatable bonds is 7. The van der Waals surface area contributed by atoms with Crippen LogP contribution in [0.2, 0.25) is 0 Å². The van der Waals surface area contributed by atoms with Crippen molar-refractivity contribution in [2.45, 2.75) is 71.8 Å². The molecule has 0 aromatic heterocycles. The van der Waals surface area contributed by atoms with Gasteiger partial charge < -0.3 is 10.0 Å². The smallest absolute Gasteiger partial charge is 0.303 e. The van der Waals surface area contributed by atoms with Gasteiger partial charge >= 0.3 is 5.97 Å². The average Bonchev–Trinajstić information content (AvgIpc) is 2.83. The van der Waals surface area contributed by atoms with Crippen molar-refractivity contribution in [2.24, 2.45) is 5.41 Å². The number of hydrogen-bond acceptors (Lipinski definition) is 2. The fourth-order valence-corrected chi connectivity index (χ4v) is 3.07. The van der Waals surface area contributed by atoms with Gasteiger partial charge in [0.2, 0.25) is 5.91 Å². The molecule has 0 aromatic rings. The summed E-state index contributed by atoms with van der Waals surface area (Å²) in [4.78, 5) is 25.3. The SMILES string of the molecule is CCC1(C(=O)N(CCCC(=O)O)C(C)C)CCCC1. The van der Waals surface area contributed by atoms with Crippen molar-refractivity contribution in [3.63, 3.8) is 0 Å². The fraction of sp³-hybridized carbons (Fsp3) is 0.867. The molecule has 4 nitrogen and oxygen atoms in total. The quantitative estimate of drug-likeness (QED) is 0.772. The van der Waals surface area contributed by atoms with Crippen molar-refractivity contribution >= 4 is 11.9 Å². The lowest BCUT2D eigenvalue weighted by Gasteiger charge is -2.36. The van der Waals surface area contributed by atoms with Gasteiger partial charge in [0.25, 0.3) is 0 Å². The lowest BCUT2D eigenvalue weighted by molar-refractivity contribution is -0.145. The van der Waals surface area contributed by atoms with Gasteiger partial charge in [0.1, 0.15) is 0 Å². The Balaban J connectivity index is 2.69. The molecule has 0 unspecified atom stereocenters. The van der Waals surface area contributed by atoms with Crippen LogP contribution in [0.3, 0.4) is 0 Å². The van der Waals surface area contributed by atoms with Gasteiger partial charge in [0.05, 0.1) is 0 Å². The fourth-order valence-electron chi connectivity index (χ4n) is 3.07. The molecule has 1 N–H and O–H groups in total. The van der Waals surface area contributed by atoms with E-state index in [1.807, 2.05) is 18.7 Å². The van der Waals surface area contributed by atoms with Crippen molar-refractivity contribution in [1.82, 2.24) is 4.90 Å². The molecule has 0 aromatic carbocycles. The number of carboxylic acids is 1. The van der Waals surface area contributed by atoms with Gasteiger partial charge in [-0.1, -0.05) is 19.8 Å². The molecule has 110 valence electrons. The Bertz CT molecular complexity index is 319. The molecule has 0 saturated heterocycles. The summed E-state index contributed by atoms with van der Waals surface area (Å²) in [6, 6.07) is 0.144. The monoisotopic (exact) mass is 269 g/mol. The Hall–Kier alpha value is -1.06. The lowest BCUT2D eigenvalue weighted by atomic mass is 9.81. The Morgan fingerprint density at radius 1 is 1.26 bits per heavy atom. The summed E-state index contributed by atoms with van der Waals surface area (Å²) in [6.07, 6.45) is 5.83. The topological polar surface area (TPSA) is 57.6 Å². The summed E-state index contributed by atoms with van der Waals surface area (Å²) in [5, 5.41) is 8.71. The van der Waals surface area contributed by atoms with Crippen LogP contribution >= 0.6 is 0 Å². The van der Waals surface area contributed by atoms with Gasteiger partial charge in [0, 0.05) is 24.4 Å². The van der Waals surface area contributed by atoms with Crippen LogP contribution in [-0.2, 0) is 9.59 Å². The third-order valence-corrected chi connectivity index (χ3v) is 4.36. The molecule has 0 bridgehead atoms. The van der Waals surface area contributed by atoms with Crippen molar-refractivity contribution in [2.75, 3.05) is 6.54 Å². The van der Waals surface area contributed by atoms with Crippen molar-refractivity contribution < 1.29 is 14.7 Å². The first-order valence-electron chi connectivity index (χ1n) is 7.46. The summed E-state index contributed by atoms with van der Waals surface area (Å²) in [6.45, 7) is 6.68. The van der Waals surface area contributed by atoms with Crippen LogP contribution in [0.1, 0.15) is 65.7 Å². The first kappa shape index (κ1) is 16.0. The predicted octanol–water partition coefficient (Wildman–Crippen LogP) is 3.06. The number of nitrogens with zero attached hydrogens (tertiary/aromatic N) is 1. The van der Waals surface area contributed by atoms with Gasteiger partial charge in [0.15, 0.2) is 0 Å². The zero-order valence-electron chi connectivity index (χ0n) is 12.4. The largest absolute Gasteiger partial charge is 0.481 e. The summed E-state index contributed by atoms with van der Waals surface area (Å²) >= 11 is 0. The number of hydrogen-bond donors (Lipinski definition) is 1. The van der Waals surface area contributed by atoms with Gasteiger partial charge in [-0.3, -0.25) is 9.59 Å². The van der Waals surface area contributed by atoms with Crippen LogP contribution < -0.4 is 0 Å². The molecular weight excluding hydrogens is 242 g/mol. The molecule has 0 aliphatic heterocycles. The zero-order valence-corrected chi connectivity index (χ0v) is 12.4. The van der Waals surface area contributed by atoms with Gasteiger partial charge in [-0.2, -0.15) is 0 Å². The molecule has 1 amide bonds. The molecule has 0 heterocycles. The summed E-state index contributed by atoms with van der Waals surface area (Å²) in [5.41, 5.74) is -0.173. The number of amides is 1. The molecule has 0 atom stereocenters. The van der Waals surface area contributed by atoms with Gasteiger partial charge in [-0.05, 0) is 39.5 Å². The van der Waals surface area contributed by atoms with E-state index in [1.165, 1.54) is 0 Å². The molecule has 1 aliphatic rings. The van der Waals surface area contributed by atoms with Crippen LogP contribution in [0.15, 0.2) is 0 Å². The molecule has 19 heavy (non-hydrogen) atoms. The molecule has 1 aliphatic carbocycles. The first-order valence-corrected chi connectivity index (χ1v) is 7.46. The van der Waals surface area contributed by atoms with Crippen LogP contribution in [0.4, 0.5) is 0 Å². The maximum atomic E-state index is 12.8. The second kappa shape index (κ2) is 6.92. The Labute approximate surface area is 116 Å². The number of carbonyl (C=O) groups excluding carboxylic acids is 1. The average molecular weight is 269 g/mol. The predicted molar refractivity (Wildman–Crippen MR) is 74.9 cm³/mol. The minimum absolute atomic E-state index is 0.135. The number of carbonyl (C=O) groups is 2. The van der Waals surface area contributed by atoms with Crippen molar-refractivity contribution in [3.05, 3.63) is 0 Å². The molecule has 1 fully saturated rings. The van der Waals surface area contributed by atoms with Crippen LogP contribution in [0, 0.1) is 5.41 Å². The normalized spacial score (nSPS) is 17.7. The highest BCUT2D eigenvalue weighted by Gasteiger charge is 2.42. The third kappa shape index (κ3) is 3.95. The van der Waals surface area contributed by atoms with Crippen LogP contribution in [0.25, 0.3) is 0 Å². The Kier molecular flexibility index (Phi) is 5.83. The minimum atomic E-state index is -0.790. The maximum absolute atomic E-state index is 12.8. The van der Waals surface area contributed by atoms with E-state index in [-0.39, 0.29) is 23.8 Å². The van der Waals surface area contributed by atoms with Crippen molar-refractivity contribution in [3.8, 4) is 0 Å². The third-order valence-electron chi connectivity index (χ3n) is 4.36. The summed E-state index contributed by atoms with van der Waals surface area (Å²) in [7, 11) is 0. The molecule has 0 spiro atoms. The van der Waals surface area contributed by atoms with Crippen molar-refractivity contribution in [1.29, 1.82) is 0 Å². The van der Waals surface area contributed by atoms with Gasteiger partial charge in [-0.15, -0.1) is 0 Å². The number of carboxylic acid groups (broad SMARTS) is 1. The second-order valence-corrected chi connectivity index (χ2v) is 5.93. The molecule has 0 radical (unpaired) electrons. The minimum Gasteiger partial charge on any atom is -0.481 e. The first-order chi connectivity index (χ1) is 8.93. The summed E-state index contributed by atoms with van der Waals surface area (Å²) in [5.74, 6) is -0.546. The molecule has 1 saturated carbocycles. The highest BCUT2D eigenvalue weighted by molar-refractivity contribution is 5.83. The van der Waals surface area contributed by atoms with E-state index in [1.54, 1.807) is 0 Å². The standard InChI is InChI=1S/C15H27NO3/c1-4-15(9-5-6-10-15)14(19)16(12(2)3)11-7-8-13(17)18/h12H,4-11H2,1-3H3,(H,17,18). The van der Waals surface area contributed by atoms with Crippen LogP contribution in [-0.4, -0.2) is 34.5 Å². The lowest BCUT2D eigenvalue weighted by Crippen LogP contribution is -2.46. The Morgan fingerprint density at radius 2 is 1.84 bits per heavy atom. The Morgan fingerprint density at radius 3 is 2.26 bits per heavy atom. The van der Waals surface area contributed by atoms with E-state index in [4.69, 9.17) is 5.11 Å². The molecule has 1 rings (SSSR count). The van der Waals surface area contributed by atoms with E-state index < -0.39 is 5.97 Å². The molecular formula is C15H27NO3. The van der Waals surface area contributed by atoms with Gasteiger partial charge in [-0.25, -0.2) is 0 Å². The highest BCUT2D eigenvalue weighted by atomic mass is 16.4. The zero-order chi connectivity index (χ0) is 14.5. The molecule has 4 heteroatoms. The van der Waals surface area contributed by atoms with E-state index in [9.17, 15) is 9.59 Å². The second-order valence-electron chi connectivity index (χ2n) is 5.93. The maximum Gasteiger partial charge on any atom is 0.303 e. The van der Waals surface area contributed by atoms with E-state index in [0.29, 0.717) is 13.0 Å². The summed E-state index contributed by atoms with van der Waals surface area (Å²) < 4.78 is 0. The van der Waals surface area contributed by atoms with Crippen LogP contribution in [0.5, 0.6) is 0 Å². The van der Waals surface area contributed by atoms with E-state index >= 15 is 0 Å². The number of aliphatic carboxylic acids is 1. The van der Waals surface area contributed by atoms with E-state index in [0.717, 1.165) is 32.1 Å².